The van der Waals surface area contributed by atoms with Crippen LogP contribution < -0.4 is 5.32 Å². The van der Waals surface area contributed by atoms with Crippen molar-refractivity contribution in [3.63, 3.8) is 0 Å². The third kappa shape index (κ3) is 3.38. The molecule has 0 fully saturated rings. The quantitative estimate of drug-likeness (QED) is 0.842. The molecule has 19 heavy (non-hydrogen) atoms. The molecule has 4 nitrogen and oxygen atoms in total. The Morgan fingerprint density at radius 3 is 2.79 bits per heavy atom. The first-order valence-electron chi connectivity index (χ1n) is 5.95. The van der Waals surface area contributed by atoms with Gasteiger partial charge in [0.15, 0.2) is 5.78 Å². The van der Waals surface area contributed by atoms with E-state index in [0.29, 0.717) is 6.42 Å². The van der Waals surface area contributed by atoms with Gasteiger partial charge in [-0.15, -0.1) is 0 Å². The third-order valence-corrected chi connectivity index (χ3v) is 3.77. The topological polar surface area (TPSA) is 49.4 Å². The van der Waals surface area contributed by atoms with Crippen LogP contribution >= 0.6 is 11.8 Å². The van der Waals surface area contributed by atoms with Crippen molar-refractivity contribution in [1.29, 1.82) is 0 Å². The molecule has 1 amide bonds. The van der Waals surface area contributed by atoms with Gasteiger partial charge in [0.2, 0.25) is 5.91 Å². The number of hydrogen-bond acceptors (Lipinski definition) is 4. The molecule has 0 atom stereocenters. The van der Waals surface area contributed by atoms with Crippen LogP contribution in [-0.2, 0) is 16.0 Å². The van der Waals surface area contributed by atoms with Gasteiger partial charge < -0.3 is 10.2 Å². The summed E-state index contributed by atoms with van der Waals surface area (Å²) < 4.78 is 0. The van der Waals surface area contributed by atoms with Crippen LogP contribution in [0.15, 0.2) is 34.2 Å². The number of nitrogens with one attached hydrogen (secondary N) is 1. The molecule has 0 aliphatic carbocycles. The van der Waals surface area contributed by atoms with Gasteiger partial charge in [-0.25, -0.2) is 0 Å². The van der Waals surface area contributed by atoms with E-state index in [1.54, 1.807) is 0 Å². The minimum atomic E-state index is -0.108. The predicted molar refractivity (Wildman–Crippen MR) is 77.1 cm³/mol. The lowest BCUT2D eigenvalue weighted by Crippen LogP contribution is -2.14. The lowest BCUT2D eigenvalue weighted by Gasteiger charge is -2.19. The fourth-order valence-corrected chi connectivity index (χ4v) is 2.95. The van der Waals surface area contributed by atoms with Crippen molar-refractivity contribution in [3.05, 3.63) is 34.9 Å². The molecule has 1 N–H and O–H groups in total. The summed E-state index contributed by atoms with van der Waals surface area (Å²) >= 11 is 1.48. The zero-order valence-corrected chi connectivity index (χ0v) is 12.0. The van der Waals surface area contributed by atoms with Crippen molar-refractivity contribution in [1.82, 2.24) is 4.90 Å². The van der Waals surface area contributed by atoms with Gasteiger partial charge in [-0.3, -0.25) is 9.59 Å². The molecule has 0 bridgehead atoms. The Hall–Kier alpha value is -1.75. The van der Waals surface area contributed by atoms with Crippen LogP contribution in [0.1, 0.15) is 12.5 Å². The second-order valence-corrected chi connectivity index (χ2v) is 5.75. The van der Waals surface area contributed by atoms with Crippen molar-refractivity contribution < 1.29 is 9.59 Å². The predicted octanol–water partition coefficient (Wildman–Crippen LogP) is 2.27. The SMILES string of the molecule is CC(=O)Nc1ccc2c(c1)CC(=O)C(=CN(C)C)S2. The van der Waals surface area contributed by atoms with Gasteiger partial charge in [-0.05, 0) is 23.8 Å². The maximum Gasteiger partial charge on any atom is 0.221 e. The largest absolute Gasteiger partial charge is 0.382 e. The standard InChI is InChI=1S/C14H16N2O2S/c1-9(17)15-11-4-5-13-10(6-11)7-12(18)14(19-13)8-16(2)3/h4-6,8H,7H2,1-3H3,(H,15,17). The molecule has 100 valence electrons. The van der Waals surface area contributed by atoms with E-state index >= 15 is 0 Å². The van der Waals surface area contributed by atoms with Crippen LogP contribution in [0.5, 0.6) is 0 Å². The first kappa shape index (κ1) is 13.7. The number of fused-ring (bicyclic) bond motifs is 1. The highest BCUT2D eigenvalue weighted by atomic mass is 32.2. The number of ketones is 1. The number of benzene rings is 1. The van der Waals surface area contributed by atoms with Crippen LogP contribution in [0.2, 0.25) is 0 Å². The van der Waals surface area contributed by atoms with Crippen molar-refractivity contribution in [2.75, 3.05) is 19.4 Å². The van der Waals surface area contributed by atoms with E-state index in [1.807, 2.05) is 43.4 Å². The van der Waals surface area contributed by atoms with Crippen LogP contribution in [0.3, 0.4) is 0 Å². The molecule has 0 saturated carbocycles. The summed E-state index contributed by atoms with van der Waals surface area (Å²) in [6.45, 7) is 1.47. The van der Waals surface area contributed by atoms with E-state index in [2.05, 4.69) is 5.32 Å². The lowest BCUT2D eigenvalue weighted by atomic mass is 10.1. The average molecular weight is 276 g/mol. The lowest BCUT2D eigenvalue weighted by molar-refractivity contribution is -0.115. The van der Waals surface area contributed by atoms with Gasteiger partial charge in [0, 0.05) is 44.2 Å². The van der Waals surface area contributed by atoms with Crippen molar-refractivity contribution in [3.8, 4) is 0 Å². The fourth-order valence-electron chi connectivity index (χ4n) is 1.87. The van der Waals surface area contributed by atoms with E-state index in [1.165, 1.54) is 18.7 Å². The number of Topliss-reactive ketones (excluding diaryl/α,β-unsaturated/α-hetero) is 1. The molecule has 1 aromatic carbocycles. The molecule has 1 heterocycles. The third-order valence-electron chi connectivity index (χ3n) is 2.60. The summed E-state index contributed by atoms with van der Waals surface area (Å²) in [7, 11) is 3.80. The Morgan fingerprint density at radius 1 is 1.42 bits per heavy atom. The fraction of sp³-hybridized carbons (Fsp3) is 0.286. The Balaban J connectivity index is 2.28. The van der Waals surface area contributed by atoms with Gasteiger partial charge in [-0.1, -0.05) is 11.8 Å². The summed E-state index contributed by atoms with van der Waals surface area (Å²) in [6, 6.07) is 5.67. The molecule has 1 aromatic rings. The molecule has 0 spiro atoms. The number of hydrogen-bond donors (Lipinski definition) is 1. The minimum Gasteiger partial charge on any atom is -0.382 e. The summed E-state index contributed by atoms with van der Waals surface area (Å²) in [4.78, 5) is 26.7. The monoisotopic (exact) mass is 276 g/mol. The molecule has 0 saturated heterocycles. The zero-order chi connectivity index (χ0) is 14.0. The number of carbonyl (C=O) groups is 2. The van der Waals surface area contributed by atoms with Gasteiger partial charge in [-0.2, -0.15) is 0 Å². The van der Waals surface area contributed by atoms with E-state index in [0.717, 1.165) is 21.1 Å². The second kappa shape index (κ2) is 5.48. The summed E-state index contributed by atoms with van der Waals surface area (Å²) in [5.74, 6) is 0.00843. The summed E-state index contributed by atoms with van der Waals surface area (Å²) in [6.07, 6.45) is 2.23. The normalized spacial score (nSPS) is 16.2. The summed E-state index contributed by atoms with van der Waals surface area (Å²) in [5, 5.41) is 2.73. The maximum atomic E-state index is 12.0. The average Bonchev–Trinajstić information content (AvgIpc) is 2.29. The smallest absolute Gasteiger partial charge is 0.221 e. The number of rotatable bonds is 2. The number of allylic oxidation sites excluding steroid dienone is 1. The van der Waals surface area contributed by atoms with E-state index in [-0.39, 0.29) is 11.7 Å². The number of amides is 1. The van der Waals surface area contributed by atoms with Crippen molar-refractivity contribution in [2.24, 2.45) is 0 Å². The zero-order valence-electron chi connectivity index (χ0n) is 11.2. The highest BCUT2D eigenvalue weighted by Crippen LogP contribution is 2.37. The number of anilines is 1. The van der Waals surface area contributed by atoms with Crippen molar-refractivity contribution >= 4 is 29.1 Å². The Bertz CT molecular complexity index is 565. The number of carbonyl (C=O) groups excluding carboxylic acids is 2. The number of thioether (sulfide) groups is 1. The molecule has 0 radical (unpaired) electrons. The maximum absolute atomic E-state index is 12.0. The molecular formula is C14H16N2O2S. The molecule has 5 heteroatoms. The van der Waals surface area contributed by atoms with Crippen molar-refractivity contribution in [2.45, 2.75) is 18.2 Å². The van der Waals surface area contributed by atoms with E-state index in [9.17, 15) is 9.59 Å². The Labute approximate surface area is 116 Å². The second-order valence-electron chi connectivity index (χ2n) is 4.66. The highest BCUT2D eigenvalue weighted by molar-refractivity contribution is 8.04. The Kier molecular flexibility index (Phi) is 3.95. The molecule has 0 aromatic heterocycles. The van der Waals surface area contributed by atoms with Crippen LogP contribution in [0.4, 0.5) is 5.69 Å². The van der Waals surface area contributed by atoms with Gasteiger partial charge in [0.05, 0.1) is 4.91 Å². The van der Waals surface area contributed by atoms with Gasteiger partial charge in [0.25, 0.3) is 0 Å². The molecular weight excluding hydrogens is 260 g/mol. The van der Waals surface area contributed by atoms with Crippen LogP contribution in [-0.4, -0.2) is 30.7 Å². The summed E-state index contributed by atoms with van der Waals surface area (Å²) in [5.41, 5.74) is 1.71. The van der Waals surface area contributed by atoms with Crippen LogP contribution in [0, 0.1) is 0 Å². The first-order chi connectivity index (χ1) is 8.95. The molecule has 0 unspecified atom stereocenters. The van der Waals surface area contributed by atoms with Gasteiger partial charge in [0.1, 0.15) is 0 Å². The Morgan fingerprint density at radius 2 is 2.16 bits per heavy atom. The molecule has 2 rings (SSSR count). The molecule has 1 aliphatic heterocycles. The minimum absolute atomic E-state index is 0.108. The van der Waals surface area contributed by atoms with E-state index < -0.39 is 0 Å². The molecule has 1 aliphatic rings. The highest BCUT2D eigenvalue weighted by Gasteiger charge is 2.22. The van der Waals surface area contributed by atoms with Crippen LogP contribution in [0.25, 0.3) is 0 Å². The number of nitrogens with zero attached hydrogens (tertiary/aromatic N) is 1. The van der Waals surface area contributed by atoms with E-state index in [4.69, 9.17) is 0 Å². The van der Waals surface area contributed by atoms with Gasteiger partial charge >= 0.3 is 0 Å². The first-order valence-corrected chi connectivity index (χ1v) is 6.77.